The highest BCUT2D eigenvalue weighted by Gasteiger charge is 1.74. The van der Waals surface area contributed by atoms with Gasteiger partial charge in [0.2, 0.25) is 7.98 Å². The summed E-state index contributed by atoms with van der Waals surface area (Å²) in [5, 5.41) is 0. The topological polar surface area (TPSA) is 12.4 Å². The van der Waals surface area contributed by atoms with E-state index in [9.17, 15) is 0 Å². The van der Waals surface area contributed by atoms with Crippen molar-refractivity contribution in [3.05, 3.63) is 0 Å². The third-order valence-corrected chi connectivity index (χ3v) is 0.893. The molecule has 0 atom stereocenters. The summed E-state index contributed by atoms with van der Waals surface area (Å²) in [4.78, 5) is 3.92. The lowest BCUT2D eigenvalue weighted by Crippen LogP contribution is -1.84. The van der Waals surface area contributed by atoms with Crippen molar-refractivity contribution in [3.8, 4) is 0 Å². The van der Waals surface area contributed by atoms with Gasteiger partial charge in [0.1, 0.15) is 0 Å². The first kappa shape index (κ1) is 5.73. The predicted octanol–water partition coefficient (Wildman–Crippen LogP) is 0.405. The van der Waals surface area contributed by atoms with Crippen LogP contribution in [0.25, 0.3) is 0 Å². The standard InChI is InChI=1S/C4H10BN/c1-3-4(2)6-5/h3,5H2,1-2H3/b6-4-. The second kappa shape index (κ2) is 2.95. The molecule has 0 aromatic carbocycles. The Bertz CT molecular complexity index is 58.6. The normalized spacial score (nSPS) is 12.0. The first-order valence-electron chi connectivity index (χ1n) is 2.23. The lowest BCUT2D eigenvalue weighted by Gasteiger charge is -1.84. The van der Waals surface area contributed by atoms with Crippen molar-refractivity contribution < 1.29 is 0 Å². The van der Waals surface area contributed by atoms with E-state index < -0.39 is 0 Å². The molecule has 0 aliphatic rings. The number of rotatable bonds is 1. The van der Waals surface area contributed by atoms with Crippen molar-refractivity contribution in [1.29, 1.82) is 0 Å². The van der Waals surface area contributed by atoms with Crippen LogP contribution in [0, 0.1) is 0 Å². The maximum absolute atomic E-state index is 3.92. The highest BCUT2D eigenvalue weighted by Crippen LogP contribution is 1.77. The van der Waals surface area contributed by atoms with Gasteiger partial charge in [-0.3, -0.25) is 0 Å². The molecule has 0 N–H and O–H groups in total. The minimum Gasteiger partial charge on any atom is -0.360 e. The van der Waals surface area contributed by atoms with Gasteiger partial charge in [0.05, 0.1) is 0 Å². The quantitative estimate of drug-likeness (QED) is 0.321. The van der Waals surface area contributed by atoms with Gasteiger partial charge in [0, 0.05) is 0 Å². The van der Waals surface area contributed by atoms with Crippen LogP contribution < -0.4 is 0 Å². The van der Waals surface area contributed by atoms with Crippen LogP contribution >= 0.6 is 0 Å². The molecular weight excluding hydrogens is 72.9 g/mol. The lowest BCUT2D eigenvalue weighted by atomic mass is 10.3. The van der Waals surface area contributed by atoms with E-state index in [2.05, 4.69) is 11.8 Å². The molecule has 0 aliphatic heterocycles. The molecule has 1 nitrogen and oxygen atoms in total. The molecule has 0 unspecified atom stereocenters. The molecule has 0 radical (unpaired) electrons. The van der Waals surface area contributed by atoms with Crippen LogP contribution in [-0.2, 0) is 0 Å². The molecule has 0 saturated heterocycles. The summed E-state index contributed by atoms with van der Waals surface area (Å²) in [6, 6.07) is 0. The zero-order chi connectivity index (χ0) is 4.99. The Hall–Kier alpha value is -0.265. The first-order valence-corrected chi connectivity index (χ1v) is 2.23. The van der Waals surface area contributed by atoms with Crippen LogP contribution in [0.2, 0.25) is 0 Å². The van der Waals surface area contributed by atoms with Crippen molar-refractivity contribution in [2.24, 2.45) is 4.90 Å². The maximum Gasteiger partial charge on any atom is 0.244 e. The highest BCUT2D eigenvalue weighted by atomic mass is 14.6. The van der Waals surface area contributed by atoms with Gasteiger partial charge in [-0.15, -0.1) is 0 Å². The zero-order valence-corrected chi connectivity index (χ0v) is 4.65. The molecule has 0 spiro atoms. The summed E-state index contributed by atoms with van der Waals surface area (Å²) in [5.41, 5.74) is 1.22. The number of nitrogens with zero attached hydrogens (tertiary/aromatic N) is 1. The minimum atomic E-state index is 1.08. The van der Waals surface area contributed by atoms with Crippen molar-refractivity contribution in [1.82, 2.24) is 0 Å². The Morgan fingerprint density at radius 2 is 2.33 bits per heavy atom. The van der Waals surface area contributed by atoms with Gasteiger partial charge < -0.3 is 4.90 Å². The van der Waals surface area contributed by atoms with Gasteiger partial charge in [-0.1, -0.05) is 6.92 Å². The van der Waals surface area contributed by atoms with E-state index in [1.165, 1.54) is 5.71 Å². The van der Waals surface area contributed by atoms with Crippen LogP contribution in [0.4, 0.5) is 0 Å². The van der Waals surface area contributed by atoms with Gasteiger partial charge in [-0.05, 0) is 19.1 Å². The molecule has 0 heterocycles. The first-order chi connectivity index (χ1) is 2.81. The van der Waals surface area contributed by atoms with Crippen molar-refractivity contribution >= 4 is 13.7 Å². The number of hydrogen-bond donors (Lipinski definition) is 0. The smallest absolute Gasteiger partial charge is 0.244 e. The van der Waals surface area contributed by atoms with Crippen molar-refractivity contribution in [2.75, 3.05) is 0 Å². The molecule has 0 aromatic rings. The van der Waals surface area contributed by atoms with E-state index in [0.717, 1.165) is 6.42 Å². The van der Waals surface area contributed by atoms with E-state index in [1.807, 2.05) is 14.9 Å². The summed E-state index contributed by atoms with van der Waals surface area (Å²) >= 11 is 0. The summed E-state index contributed by atoms with van der Waals surface area (Å²) in [6.07, 6.45) is 1.08. The maximum atomic E-state index is 3.92. The van der Waals surface area contributed by atoms with E-state index in [4.69, 9.17) is 0 Å². The molecule has 0 fully saturated rings. The molecule has 2 heteroatoms. The minimum absolute atomic E-state index is 1.08. The zero-order valence-electron chi connectivity index (χ0n) is 4.65. The van der Waals surface area contributed by atoms with Gasteiger partial charge in [0.15, 0.2) is 0 Å². The Balaban J connectivity index is 3.22. The molecule has 34 valence electrons. The fourth-order valence-corrected chi connectivity index (χ4v) is 0.158. The van der Waals surface area contributed by atoms with Crippen molar-refractivity contribution in [3.63, 3.8) is 0 Å². The average molecular weight is 82.9 g/mol. The molecule has 0 rings (SSSR count). The van der Waals surface area contributed by atoms with Gasteiger partial charge in [-0.25, -0.2) is 0 Å². The fourth-order valence-electron chi connectivity index (χ4n) is 0.158. The summed E-state index contributed by atoms with van der Waals surface area (Å²) in [6.45, 7) is 4.13. The second-order valence-corrected chi connectivity index (χ2v) is 1.31. The molecular formula is C4H10BN. The third-order valence-electron chi connectivity index (χ3n) is 0.893. The predicted molar refractivity (Wildman–Crippen MR) is 31.9 cm³/mol. The monoisotopic (exact) mass is 83.1 g/mol. The van der Waals surface area contributed by atoms with Gasteiger partial charge in [-0.2, -0.15) is 0 Å². The van der Waals surface area contributed by atoms with E-state index in [-0.39, 0.29) is 0 Å². The van der Waals surface area contributed by atoms with Crippen LogP contribution in [0.1, 0.15) is 20.3 Å². The molecule has 0 aliphatic carbocycles. The van der Waals surface area contributed by atoms with E-state index >= 15 is 0 Å². The number of hydrogen-bond acceptors (Lipinski definition) is 1. The largest absolute Gasteiger partial charge is 0.360 e. The Labute approximate surface area is 39.9 Å². The summed E-state index contributed by atoms with van der Waals surface area (Å²) in [5.74, 6) is 0. The van der Waals surface area contributed by atoms with Crippen LogP contribution in [0.15, 0.2) is 4.90 Å². The average Bonchev–Trinajstić information content (AvgIpc) is 1.65. The fraction of sp³-hybridized carbons (Fsp3) is 0.750. The van der Waals surface area contributed by atoms with E-state index in [0.29, 0.717) is 0 Å². The van der Waals surface area contributed by atoms with Gasteiger partial charge >= 0.3 is 0 Å². The Morgan fingerprint density at radius 3 is 2.33 bits per heavy atom. The van der Waals surface area contributed by atoms with E-state index in [1.54, 1.807) is 0 Å². The van der Waals surface area contributed by atoms with Crippen molar-refractivity contribution in [2.45, 2.75) is 20.3 Å². The molecule has 6 heavy (non-hydrogen) atoms. The molecule has 0 amide bonds. The van der Waals surface area contributed by atoms with Gasteiger partial charge in [0.25, 0.3) is 0 Å². The van der Waals surface area contributed by atoms with Crippen LogP contribution in [0.3, 0.4) is 0 Å². The summed E-state index contributed by atoms with van der Waals surface area (Å²) < 4.78 is 0. The SMILES string of the molecule is B/N=C(/C)CC. The highest BCUT2D eigenvalue weighted by molar-refractivity contribution is 6.12. The second-order valence-electron chi connectivity index (χ2n) is 1.31. The van der Waals surface area contributed by atoms with Crippen LogP contribution in [0.5, 0.6) is 0 Å². The lowest BCUT2D eigenvalue weighted by molar-refractivity contribution is 1.27. The Kier molecular flexibility index (Phi) is 2.82. The Morgan fingerprint density at radius 1 is 1.83 bits per heavy atom. The molecule has 0 saturated carbocycles. The molecule has 0 aromatic heterocycles. The third kappa shape index (κ3) is 2.00. The molecule has 0 bridgehead atoms. The summed E-state index contributed by atoms with van der Waals surface area (Å²) in [7, 11) is 1.82. The van der Waals surface area contributed by atoms with Crippen LogP contribution in [-0.4, -0.2) is 13.7 Å².